The average molecular weight is 248 g/mol. The summed E-state index contributed by atoms with van der Waals surface area (Å²) in [6, 6.07) is 3.59. The predicted octanol–water partition coefficient (Wildman–Crippen LogP) is 2.86. The van der Waals surface area contributed by atoms with Crippen LogP contribution in [0.25, 0.3) is 0 Å². The predicted molar refractivity (Wildman–Crippen MR) is 70.6 cm³/mol. The molecule has 0 saturated heterocycles. The smallest absolute Gasteiger partial charge is 0.339 e. The molecule has 1 aromatic heterocycles. The van der Waals surface area contributed by atoms with E-state index >= 15 is 0 Å². The topological polar surface area (TPSA) is 51.2 Å². The van der Waals surface area contributed by atoms with E-state index in [2.05, 4.69) is 10.3 Å². The highest BCUT2D eigenvalue weighted by molar-refractivity contribution is 5.89. The molecule has 4 heteroatoms. The van der Waals surface area contributed by atoms with Crippen LogP contribution >= 0.6 is 0 Å². The summed E-state index contributed by atoms with van der Waals surface area (Å²) in [5, 5.41) is 3.32. The molecule has 0 amide bonds. The minimum Gasteiger partial charge on any atom is -0.462 e. The van der Waals surface area contributed by atoms with Crippen LogP contribution in [0.2, 0.25) is 0 Å². The molecule has 0 spiro atoms. The monoisotopic (exact) mass is 248 g/mol. The molecule has 1 aliphatic carbocycles. The van der Waals surface area contributed by atoms with Gasteiger partial charge in [-0.2, -0.15) is 0 Å². The van der Waals surface area contributed by atoms with Crippen LogP contribution in [-0.2, 0) is 4.74 Å². The molecule has 4 nitrogen and oxygen atoms in total. The number of nitrogens with one attached hydrogen (secondary N) is 1. The number of esters is 1. The first-order valence-electron chi connectivity index (χ1n) is 6.66. The number of ether oxygens (including phenoxy) is 1. The highest BCUT2D eigenvalue weighted by Crippen LogP contribution is 2.24. The van der Waals surface area contributed by atoms with E-state index in [9.17, 15) is 4.79 Å². The van der Waals surface area contributed by atoms with Gasteiger partial charge in [-0.25, -0.2) is 9.78 Å². The van der Waals surface area contributed by atoms with E-state index in [0.29, 0.717) is 12.2 Å². The molecule has 1 N–H and O–H groups in total. The van der Waals surface area contributed by atoms with Gasteiger partial charge in [-0.15, -0.1) is 0 Å². The summed E-state index contributed by atoms with van der Waals surface area (Å²) in [6.45, 7) is 3.16. The maximum Gasteiger partial charge on any atom is 0.339 e. The zero-order chi connectivity index (χ0) is 12.8. The molecule has 1 aliphatic rings. The van der Waals surface area contributed by atoms with E-state index in [1.54, 1.807) is 19.2 Å². The van der Waals surface area contributed by atoms with Gasteiger partial charge >= 0.3 is 5.97 Å². The second-order valence-corrected chi connectivity index (χ2v) is 4.68. The fourth-order valence-electron chi connectivity index (χ4n) is 2.30. The van der Waals surface area contributed by atoms with E-state index in [4.69, 9.17) is 4.74 Å². The first kappa shape index (κ1) is 12.9. The Morgan fingerprint density at radius 3 is 2.83 bits per heavy atom. The number of hydrogen-bond donors (Lipinski definition) is 1. The molecule has 0 radical (unpaired) electrons. The van der Waals surface area contributed by atoms with Gasteiger partial charge in [0, 0.05) is 12.7 Å². The molecule has 2 rings (SSSR count). The minimum atomic E-state index is -0.313. The lowest BCUT2D eigenvalue weighted by Gasteiger charge is -2.11. The van der Waals surface area contributed by atoms with E-state index in [-0.39, 0.29) is 5.97 Å². The summed E-state index contributed by atoms with van der Waals surface area (Å²) in [6.07, 6.45) is 6.89. The Labute approximate surface area is 108 Å². The van der Waals surface area contributed by atoms with Crippen LogP contribution in [0.4, 0.5) is 5.82 Å². The number of anilines is 1. The average Bonchev–Trinajstić information content (AvgIpc) is 2.90. The van der Waals surface area contributed by atoms with Crippen molar-refractivity contribution in [3.63, 3.8) is 0 Å². The van der Waals surface area contributed by atoms with Crippen molar-refractivity contribution in [2.45, 2.75) is 32.6 Å². The molecule has 0 aliphatic heterocycles. The van der Waals surface area contributed by atoms with Crippen molar-refractivity contribution in [1.29, 1.82) is 0 Å². The molecule has 0 unspecified atom stereocenters. The molecule has 1 heterocycles. The fourth-order valence-corrected chi connectivity index (χ4v) is 2.30. The van der Waals surface area contributed by atoms with Crippen molar-refractivity contribution in [2.75, 3.05) is 18.5 Å². The van der Waals surface area contributed by atoms with Gasteiger partial charge in [0.1, 0.15) is 5.82 Å². The summed E-state index contributed by atoms with van der Waals surface area (Å²) < 4.78 is 4.91. The van der Waals surface area contributed by atoms with Crippen molar-refractivity contribution in [2.24, 2.45) is 5.92 Å². The highest BCUT2D eigenvalue weighted by atomic mass is 16.5. The van der Waals surface area contributed by atoms with E-state index < -0.39 is 0 Å². The number of aromatic nitrogens is 1. The molecular formula is C14H20N2O2. The lowest BCUT2D eigenvalue weighted by Crippen LogP contribution is -2.12. The van der Waals surface area contributed by atoms with Crippen molar-refractivity contribution in [1.82, 2.24) is 4.98 Å². The minimum absolute atomic E-state index is 0.313. The van der Waals surface area contributed by atoms with Gasteiger partial charge in [0.2, 0.25) is 0 Å². The normalized spacial score (nSPS) is 15.6. The van der Waals surface area contributed by atoms with Gasteiger partial charge in [0.25, 0.3) is 0 Å². The fraction of sp³-hybridized carbons (Fsp3) is 0.571. The molecule has 0 atom stereocenters. The van der Waals surface area contributed by atoms with Crippen LogP contribution in [-0.4, -0.2) is 24.1 Å². The third kappa shape index (κ3) is 3.45. The summed E-state index contributed by atoms with van der Waals surface area (Å²) in [7, 11) is 0. The highest BCUT2D eigenvalue weighted by Gasteiger charge is 2.14. The molecule has 0 aromatic carbocycles. The number of nitrogens with zero attached hydrogens (tertiary/aromatic N) is 1. The molecule has 0 bridgehead atoms. The van der Waals surface area contributed by atoms with Crippen LogP contribution in [0, 0.1) is 5.92 Å². The molecule has 1 aromatic rings. The molecule has 98 valence electrons. The summed E-state index contributed by atoms with van der Waals surface area (Å²) in [4.78, 5) is 15.7. The maximum absolute atomic E-state index is 11.4. The summed E-state index contributed by atoms with van der Waals surface area (Å²) in [5.41, 5.74) is 0.503. The van der Waals surface area contributed by atoms with Crippen LogP contribution in [0.3, 0.4) is 0 Å². The van der Waals surface area contributed by atoms with Crippen LogP contribution in [0.1, 0.15) is 43.0 Å². The third-order valence-electron chi connectivity index (χ3n) is 3.32. The largest absolute Gasteiger partial charge is 0.462 e. The molecule has 1 saturated carbocycles. The summed E-state index contributed by atoms with van der Waals surface area (Å²) in [5.74, 6) is 1.29. The Kier molecular flexibility index (Phi) is 4.56. The zero-order valence-electron chi connectivity index (χ0n) is 10.8. The number of carbonyl (C=O) groups excluding carboxylic acids is 1. The Bertz CT molecular complexity index is 383. The lowest BCUT2D eigenvalue weighted by atomic mass is 10.1. The molecular weight excluding hydrogens is 228 g/mol. The first-order chi connectivity index (χ1) is 8.79. The Morgan fingerprint density at radius 2 is 2.22 bits per heavy atom. The Hall–Kier alpha value is -1.58. The standard InChI is InChI=1S/C14H20N2O2/c1-2-18-14(17)12-7-8-13(16-10-12)15-9-11-5-3-4-6-11/h7-8,10-11H,2-6,9H2,1H3,(H,15,16). The number of hydrogen-bond acceptors (Lipinski definition) is 4. The van der Waals surface area contributed by atoms with Crippen molar-refractivity contribution in [3.8, 4) is 0 Å². The van der Waals surface area contributed by atoms with Gasteiger partial charge < -0.3 is 10.1 Å². The van der Waals surface area contributed by atoms with Crippen molar-refractivity contribution < 1.29 is 9.53 Å². The van der Waals surface area contributed by atoms with E-state index in [1.165, 1.54) is 25.7 Å². The molecule has 1 fully saturated rings. The van der Waals surface area contributed by atoms with E-state index in [1.807, 2.05) is 6.07 Å². The quantitative estimate of drug-likeness (QED) is 0.814. The van der Waals surface area contributed by atoms with Crippen molar-refractivity contribution in [3.05, 3.63) is 23.9 Å². The first-order valence-corrected chi connectivity index (χ1v) is 6.66. The number of carbonyl (C=O) groups is 1. The van der Waals surface area contributed by atoms with Gasteiger partial charge in [-0.1, -0.05) is 12.8 Å². The second-order valence-electron chi connectivity index (χ2n) is 4.68. The number of rotatable bonds is 5. The van der Waals surface area contributed by atoms with Crippen LogP contribution in [0.15, 0.2) is 18.3 Å². The van der Waals surface area contributed by atoms with Crippen LogP contribution in [0.5, 0.6) is 0 Å². The Morgan fingerprint density at radius 1 is 1.44 bits per heavy atom. The third-order valence-corrected chi connectivity index (χ3v) is 3.32. The molecule has 18 heavy (non-hydrogen) atoms. The maximum atomic E-state index is 11.4. The summed E-state index contributed by atoms with van der Waals surface area (Å²) >= 11 is 0. The van der Waals surface area contributed by atoms with Gasteiger partial charge in [0.15, 0.2) is 0 Å². The SMILES string of the molecule is CCOC(=O)c1ccc(NCC2CCCC2)nc1. The number of pyridine rings is 1. The zero-order valence-corrected chi connectivity index (χ0v) is 10.8. The van der Waals surface area contributed by atoms with E-state index in [0.717, 1.165) is 18.3 Å². The van der Waals surface area contributed by atoms with Gasteiger partial charge in [0.05, 0.1) is 12.2 Å². The van der Waals surface area contributed by atoms with Crippen LogP contribution < -0.4 is 5.32 Å². The van der Waals surface area contributed by atoms with Gasteiger partial charge in [-0.05, 0) is 37.8 Å². The lowest BCUT2D eigenvalue weighted by molar-refractivity contribution is 0.0526. The van der Waals surface area contributed by atoms with Gasteiger partial charge in [-0.3, -0.25) is 0 Å². The second kappa shape index (κ2) is 6.38. The Balaban J connectivity index is 1.85. The van der Waals surface area contributed by atoms with Crippen molar-refractivity contribution >= 4 is 11.8 Å².